The van der Waals surface area contributed by atoms with Crippen molar-refractivity contribution in [1.29, 1.82) is 0 Å². The average molecular weight is 422 g/mol. The predicted octanol–water partition coefficient (Wildman–Crippen LogP) is 1.92. The highest BCUT2D eigenvalue weighted by Gasteiger charge is 2.27. The third kappa shape index (κ3) is 4.41. The Balaban J connectivity index is 1.72. The summed E-state index contributed by atoms with van der Waals surface area (Å²) in [6.07, 6.45) is 0. The van der Waals surface area contributed by atoms with Crippen molar-refractivity contribution in [2.75, 3.05) is 46.9 Å². The van der Waals surface area contributed by atoms with E-state index in [1.165, 1.54) is 4.90 Å². The number of aromatic nitrogens is 2. The van der Waals surface area contributed by atoms with Crippen LogP contribution in [0.2, 0.25) is 0 Å². The largest absolute Gasteiger partial charge is 0.497 e. The Labute approximate surface area is 182 Å². The molecule has 7 heteroatoms. The molecule has 0 bridgehead atoms. The van der Waals surface area contributed by atoms with E-state index in [9.17, 15) is 4.79 Å². The van der Waals surface area contributed by atoms with Gasteiger partial charge in [-0.2, -0.15) is 5.10 Å². The molecule has 3 aromatic rings. The van der Waals surface area contributed by atoms with Crippen molar-refractivity contribution < 1.29 is 19.2 Å². The summed E-state index contributed by atoms with van der Waals surface area (Å²) < 4.78 is 12.4. The molecule has 0 radical (unpaired) electrons. The van der Waals surface area contributed by atoms with Crippen LogP contribution in [0.3, 0.4) is 0 Å². The number of quaternary nitrogens is 1. The molecular formula is C24H29N4O3+. The maximum absolute atomic E-state index is 13.5. The molecule has 1 aliphatic heterocycles. The lowest BCUT2D eigenvalue weighted by Crippen LogP contribution is -3.14. The Kier molecular flexibility index (Phi) is 6.23. The second-order valence-corrected chi connectivity index (χ2v) is 7.65. The fraction of sp³-hybridized carbons (Fsp3) is 0.333. The van der Waals surface area contributed by atoms with Gasteiger partial charge in [0.05, 0.1) is 58.3 Å². The van der Waals surface area contributed by atoms with Gasteiger partial charge in [0.25, 0.3) is 5.91 Å². The van der Waals surface area contributed by atoms with Gasteiger partial charge >= 0.3 is 0 Å². The zero-order chi connectivity index (χ0) is 21.8. The van der Waals surface area contributed by atoms with Crippen molar-refractivity contribution in [2.24, 2.45) is 0 Å². The van der Waals surface area contributed by atoms with Gasteiger partial charge in [0.1, 0.15) is 17.2 Å². The Morgan fingerprint density at radius 3 is 2.35 bits per heavy atom. The van der Waals surface area contributed by atoms with Crippen LogP contribution in [0.15, 0.2) is 54.6 Å². The number of likely N-dealkylation sites (N-methyl/N-ethyl adjacent to an activating group) is 1. The molecular weight excluding hydrogens is 392 g/mol. The van der Waals surface area contributed by atoms with E-state index in [2.05, 4.69) is 6.92 Å². The number of hydrogen-bond acceptors (Lipinski definition) is 4. The van der Waals surface area contributed by atoms with Crippen LogP contribution in [0.1, 0.15) is 17.4 Å². The molecule has 31 heavy (non-hydrogen) atoms. The minimum absolute atomic E-state index is 0.00705. The summed E-state index contributed by atoms with van der Waals surface area (Å²) in [5.41, 5.74) is 3.01. The molecule has 162 valence electrons. The highest BCUT2D eigenvalue weighted by Crippen LogP contribution is 2.26. The highest BCUT2D eigenvalue weighted by molar-refractivity contribution is 5.94. The number of hydrogen-bond donors (Lipinski definition) is 1. The van der Waals surface area contributed by atoms with Crippen molar-refractivity contribution >= 4 is 5.91 Å². The molecule has 0 saturated carbocycles. The van der Waals surface area contributed by atoms with Gasteiger partial charge in [-0.1, -0.05) is 12.1 Å². The van der Waals surface area contributed by atoms with Crippen molar-refractivity contribution in [1.82, 2.24) is 14.7 Å². The first kappa shape index (κ1) is 20.9. The fourth-order valence-corrected chi connectivity index (χ4v) is 3.92. The number of benzene rings is 2. The molecule has 1 aliphatic rings. The van der Waals surface area contributed by atoms with Gasteiger partial charge in [-0.25, -0.2) is 4.68 Å². The van der Waals surface area contributed by atoms with Crippen molar-refractivity contribution in [3.63, 3.8) is 0 Å². The van der Waals surface area contributed by atoms with Crippen molar-refractivity contribution in [3.05, 3.63) is 60.3 Å². The average Bonchev–Trinajstić information content (AvgIpc) is 3.29. The molecule has 2 heterocycles. The van der Waals surface area contributed by atoms with Gasteiger partial charge in [-0.05, 0) is 49.4 Å². The molecule has 7 nitrogen and oxygen atoms in total. The zero-order valence-corrected chi connectivity index (χ0v) is 18.3. The second-order valence-electron chi connectivity index (χ2n) is 7.65. The number of nitrogens with one attached hydrogen (secondary N) is 1. The first-order valence-corrected chi connectivity index (χ1v) is 10.6. The lowest BCUT2D eigenvalue weighted by molar-refractivity contribution is -0.902. The molecule has 1 N–H and O–H groups in total. The Morgan fingerprint density at radius 1 is 1.00 bits per heavy atom. The minimum Gasteiger partial charge on any atom is -0.497 e. The number of nitrogens with zero attached hydrogens (tertiary/aromatic N) is 3. The van der Waals surface area contributed by atoms with Crippen LogP contribution in [-0.2, 0) is 0 Å². The molecule has 0 atom stereocenters. The van der Waals surface area contributed by atoms with Crippen LogP contribution in [0.5, 0.6) is 11.5 Å². The van der Waals surface area contributed by atoms with Gasteiger partial charge in [0, 0.05) is 5.56 Å². The predicted molar refractivity (Wildman–Crippen MR) is 119 cm³/mol. The third-order valence-corrected chi connectivity index (χ3v) is 5.87. The molecule has 1 aromatic heterocycles. The number of rotatable bonds is 6. The van der Waals surface area contributed by atoms with Crippen LogP contribution in [0.25, 0.3) is 16.9 Å². The molecule has 1 fully saturated rings. The van der Waals surface area contributed by atoms with Crippen LogP contribution in [-0.4, -0.2) is 67.5 Å². The maximum atomic E-state index is 13.5. The Bertz CT molecular complexity index is 1040. The number of amides is 1. The van der Waals surface area contributed by atoms with E-state index >= 15 is 0 Å². The van der Waals surface area contributed by atoms with Crippen LogP contribution in [0, 0.1) is 0 Å². The molecule has 2 aromatic carbocycles. The summed E-state index contributed by atoms with van der Waals surface area (Å²) in [5.74, 6) is 1.52. The standard InChI is InChI=1S/C24H28N4O3/c1-4-26-12-14-27(15-13-26)24(29)23-17-22(18-6-5-7-21(16-18)31-3)25-28(23)19-8-10-20(30-2)11-9-19/h5-11,16-17H,4,12-15H2,1-3H3/p+1. The smallest absolute Gasteiger partial charge is 0.273 e. The number of methoxy groups -OCH3 is 2. The van der Waals surface area contributed by atoms with Crippen molar-refractivity contribution in [2.45, 2.75) is 6.92 Å². The van der Waals surface area contributed by atoms with E-state index in [1.54, 1.807) is 18.9 Å². The molecule has 1 amide bonds. The second kappa shape index (κ2) is 9.22. The molecule has 0 unspecified atom stereocenters. The van der Waals surface area contributed by atoms with E-state index in [0.29, 0.717) is 5.69 Å². The van der Waals surface area contributed by atoms with Crippen LogP contribution >= 0.6 is 0 Å². The fourth-order valence-electron chi connectivity index (χ4n) is 3.92. The van der Waals surface area contributed by atoms with Crippen LogP contribution in [0.4, 0.5) is 0 Å². The Hall–Kier alpha value is -3.32. The minimum atomic E-state index is 0.00705. The summed E-state index contributed by atoms with van der Waals surface area (Å²) in [5, 5.41) is 4.80. The van der Waals surface area contributed by atoms with E-state index in [-0.39, 0.29) is 5.91 Å². The Morgan fingerprint density at radius 2 is 1.71 bits per heavy atom. The lowest BCUT2D eigenvalue weighted by atomic mass is 10.1. The van der Waals surface area contributed by atoms with Gasteiger partial charge < -0.3 is 19.3 Å². The van der Waals surface area contributed by atoms with E-state index in [1.807, 2.05) is 59.5 Å². The topological polar surface area (TPSA) is 61.0 Å². The summed E-state index contributed by atoms with van der Waals surface area (Å²) >= 11 is 0. The number of piperazine rings is 1. The zero-order valence-electron chi connectivity index (χ0n) is 18.3. The molecule has 4 rings (SSSR count). The van der Waals surface area contributed by atoms with Gasteiger partial charge in [-0.3, -0.25) is 4.79 Å². The summed E-state index contributed by atoms with van der Waals surface area (Å²) in [7, 11) is 3.28. The maximum Gasteiger partial charge on any atom is 0.273 e. The van der Waals surface area contributed by atoms with Crippen molar-refractivity contribution in [3.8, 4) is 28.4 Å². The van der Waals surface area contributed by atoms with Gasteiger partial charge in [-0.15, -0.1) is 0 Å². The SMILES string of the molecule is CC[NH+]1CCN(C(=O)c2cc(-c3cccc(OC)c3)nn2-c2ccc(OC)cc2)CC1. The summed E-state index contributed by atoms with van der Waals surface area (Å²) in [6, 6.07) is 17.2. The highest BCUT2D eigenvalue weighted by atomic mass is 16.5. The molecule has 0 aliphatic carbocycles. The van der Waals surface area contributed by atoms with E-state index < -0.39 is 0 Å². The molecule has 0 spiro atoms. The number of carbonyl (C=O) groups excluding carboxylic acids is 1. The monoisotopic (exact) mass is 421 g/mol. The third-order valence-electron chi connectivity index (χ3n) is 5.87. The lowest BCUT2D eigenvalue weighted by Gasteiger charge is -2.31. The van der Waals surface area contributed by atoms with Gasteiger partial charge in [0.2, 0.25) is 0 Å². The van der Waals surface area contributed by atoms with E-state index in [0.717, 1.165) is 61.2 Å². The van der Waals surface area contributed by atoms with Gasteiger partial charge in [0.15, 0.2) is 0 Å². The first-order chi connectivity index (χ1) is 15.1. The number of carbonyl (C=O) groups is 1. The summed E-state index contributed by atoms with van der Waals surface area (Å²) in [4.78, 5) is 17.0. The molecule has 1 saturated heterocycles. The first-order valence-electron chi connectivity index (χ1n) is 10.6. The quantitative estimate of drug-likeness (QED) is 0.661. The number of ether oxygens (including phenoxy) is 2. The van der Waals surface area contributed by atoms with Crippen LogP contribution < -0.4 is 14.4 Å². The normalized spacial score (nSPS) is 14.5. The van der Waals surface area contributed by atoms with E-state index in [4.69, 9.17) is 14.6 Å². The summed E-state index contributed by atoms with van der Waals surface area (Å²) in [6.45, 7) is 6.73.